The molecule has 0 unspecified atom stereocenters. The molecule has 1 N–H and O–H groups in total. The molecule has 6 rings (SSSR count). The van der Waals surface area contributed by atoms with Crippen molar-refractivity contribution in [1.82, 2.24) is 5.32 Å². The Labute approximate surface area is 223 Å². The molecule has 0 aliphatic carbocycles. The minimum Gasteiger partial charge on any atom is -0.457 e. The summed E-state index contributed by atoms with van der Waals surface area (Å²) in [4.78, 5) is 13.6. The Bertz CT molecular complexity index is 1470. The van der Waals surface area contributed by atoms with E-state index in [2.05, 4.69) is 78.1 Å². The third-order valence-corrected chi connectivity index (χ3v) is 7.36. The first-order valence-corrected chi connectivity index (χ1v) is 13.1. The number of ether oxygens (including phenoxy) is 1. The maximum absolute atomic E-state index is 13.6. The van der Waals surface area contributed by atoms with Gasteiger partial charge in [-0.1, -0.05) is 115 Å². The van der Waals surface area contributed by atoms with Crippen LogP contribution in [0, 0.1) is 0 Å². The number of hydrogen-bond acceptors (Lipinski definition) is 2. The van der Waals surface area contributed by atoms with Crippen molar-refractivity contribution in [2.45, 2.75) is 24.3 Å². The highest BCUT2D eigenvalue weighted by Crippen LogP contribution is 2.51. The number of benzene rings is 5. The second-order valence-electron chi connectivity index (χ2n) is 9.73. The van der Waals surface area contributed by atoms with Gasteiger partial charge in [0, 0.05) is 34.6 Å². The quantitative estimate of drug-likeness (QED) is 0.251. The van der Waals surface area contributed by atoms with Crippen molar-refractivity contribution in [3.63, 3.8) is 0 Å². The van der Waals surface area contributed by atoms with Gasteiger partial charge in [0.25, 0.3) is 5.91 Å². The van der Waals surface area contributed by atoms with E-state index in [0.717, 1.165) is 22.6 Å². The summed E-state index contributed by atoms with van der Waals surface area (Å²) in [5, 5.41) is 3.46. The zero-order valence-corrected chi connectivity index (χ0v) is 21.0. The molecule has 1 aliphatic rings. The third-order valence-electron chi connectivity index (χ3n) is 7.36. The molecule has 0 radical (unpaired) electrons. The van der Waals surface area contributed by atoms with Gasteiger partial charge in [0.15, 0.2) is 0 Å². The first-order chi connectivity index (χ1) is 18.8. The van der Waals surface area contributed by atoms with Gasteiger partial charge in [-0.3, -0.25) is 4.79 Å². The van der Waals surface area contributed by atoms with Crippen LogP contribution in [0.15, 0.2) is 140 Å². The van der Waals surface area contributed by atoms with Crippen LogP contribution in [0.5, 0.6) is 11.5 Å². The first-order valence-electron chi connectivity index (χ1n) is 13.1. The maximum atomic E-state index is 13.6. The topological polar surface area (TPSA) is 38.3 Å². The molecule has 1 heterocycles. The highest BCUT2D eigenvalue weighted by molar-refractivity contribution is 5.94. The highest BCUT2D eigenvalue weighted by atomic mass is 16.5. The number of amides is 1. The fraction of sp³-hybridized carbons (Fsp3) is 0.114. The van der Waals surface area contributed by atoms with Crippen molar-refractivity contribution in [2.24, 2.45) is 0 Å². The zero-order valence-electron chi connectivity index (χ0n) is 21.0. The van der Waals surface area contributed by atoms with Gasteiger partial charge in [0.05, 0.1) is 0 Å². The van der Waals surface area contributed by atoms with Crippen LogP contribution in [0.3, 0.4) is 0 Å². The molecule has 2 atom stereocenters. The van der Waals surface area contributed by atoms with E-state index in [4.69, 9.17) is 4.74 Å². The Morgan fingerprint density at radius 3 is 1.74 bits per heavy atom. The minimum atomic E-state index is -0.184. The number of hydrogen-bond donors (Lipinski definition) is 1. The summed E-state index contributed by atoms with van der Waals surface area (Å²) in [6.07, 6.45) is 0.695. The van der Waals surface area contributed by atoms with Gasteiger partial charge >= 0.3 is 0 Å². The molecule has 5 aromatic carbocycles. The Morgan fingerprint density at radius 2 is 1.13 bits per heavy atom. The number of carbonyl (C=O) groups is 1. The van der Waals surface area contributed by atoms with Gasteiger partial charge < -0.3 is 10.1 Å². The summed E-state index contributed by atoms with van der Waals surface area (Å²) in [5.41, 5.74) is 5.28. The second kappa shape index (κ2) is 10.8. The predicted molar refractivity (Wildman–Crippen MR) is 152 cm³/mol. The number of para-hydroxylation sites is 2. The number of nitrogens with one attached hydrogen (secondary N) is 1. The Balaban J connectivity index is 1.52. The molecular weight excluding hydrogens is 466 g/mol. The Morgan fingerprint density at radius 1 is 0.632 bits per heavy atom. The normalized spacial score (nSPS) is 13.9. The van der Waals surface area contributed by atoms with Gasteiger partial charge in [-0.2, -0.15) is 0 Å². The lowest BCUT2D eigenvalue weighted by Gasteiger charge is -2.39. The van der Waals surface area contributed by atoms with Crippen LogP contribution in [-0.4, -0.2) is 11.9 Å². The second-order valence-corrected chi connectivity index (χ2v) is 9.73. The zero-order chi connectivity index (χ0) is 25.7. The third kappa shape index (κ3) is 4.83. The molecule has 5 aromatic rings. The molecule has 3 nitrogen and oxygen atoms in total. The Kier molecular flexibility index (Phi) is 6.73. The molecule has 0 fully saturated rings. The van der Waals surface area contributed by atoms with Gasteiger partial charge in [0.1, 0.15) is 11.5 Å². The molecule has 0 bridgehead atoms. The van der Waals surface area contributed by atoms with Crippen molar-refractivity contribution < 1.29 is 9.53 Å². The molecule has 1 amide bonds. The summed E-state index contributed by atoms with van der Waals surface area (Å²) < 4.78 is 6.35. The summed E-state index contributed by atoms with van der Waals surface area (Å²) in [7, 11) is 0. The lowest BCUT2D eigenvalue weighted by molar-refractivity contribution is 0.0928. The van der Waals surface area contributed by atoms with Crippen LogP contribution in [0.25, 0.3) is 0 Å². The average Bonchev–Trinajstić information content (AvgIpc) is 2.98. The lowest BCUT2D eigenvalue weighted by Crippen LogP contribution is -2.43. The summed E-state index contributed by atoms with van der Waals surface area (Å²) in [6.45, 7) is 0. The van der Waals surface area contributed by atoms with Crippen LogP contribution < -0.4 is 10.1 Å². The van der Waals surface area contributed by atoms with Crippen LogP contribution in [0.1, 0.15) is 44.4 Å². The summed E-state index contributed by atoms with van der Waals surface area (Å²) in [6, 6.07) is 46.8. The molecule has 0 spiro atoms. The van der Waals surface area contributed by atoms with Gasteiger partial charge in [0.2, 0.25) is 0 Å². The molecule has 1 aliphatic heterocycles. The number of fused-ring (bicyclic) bond motifs is 2. The largest absolute Gasteiger partial charge is 0.457 e. The molecule has 38 heavy (non-hydrogen) atoms. The van der Waals surface area contributed by atoms with E-state index in [-0.39, 0.29) is 23.8 Å². The lowest BCUT2D eigenvalue weighted by atomic mass is 9.71. The van der Waals surface area contributed by atoms with Gasteiger partial charge in [-0.25, -0.2) is 0 Å². The van der Waals surface area contributed by atoms with E-state index in [1.165, 1.54) is 11.1 Å². The van der Waals surface area contributed by atoms with Crippen LogP contribution in [-0.2, 0) is 6.42 Å². The maximum Gasteiger partial charge on any atom is 0.251 e. The molecule has 186 valence electrons. The molecule has 0 saturated carbocycles. The van der Waals surface area contributed by atoms with E-state index in [9.17, 15) is 4.79 Å². The van der Waals surface area contributed by atoms with Gasteiger partial charge in [-0.15, -0.1) is 0 Å². The van der Waals surface area contributed by atoms with Crippen molar-refractivity contribution >= 4 is 5.91 Å². The van der Waals surface area contributed by atoms with Crippen molar-refractivity contribution in [3.8, 4) is 11.5 Å². The van der Waals surface area contributed by atoms with Crippen molar-refractivity contribution in [1.29, 1.82) is 0 Å². The van der Waals surface area contributed by atoms with Crippen LogP contribution in [0.2, 0.25) is 0 Å². The molecule has 3 heteroatoms. The van der Waals surface area contributed by atoms with E-state index >= 15 is 0 Å². The number of rotatable bonds is 7. The summed E-state index contributed by atoms with van der Waals surface area (Å²) in [5.74, 6) is 1.61. The van der Waals surface area contributed by atoms with Crippen molar-refractivity contribution in [3.05, 3.63) is 167 Å². The monoisotopic (exact) mass is 495 g/mol. The molecule has 0 saturated heterocycles. The van der Waals surface area contributed by atoms with E-state index in [0.29, 0.717) is 12.0 Å². The predicted octanol–water partition coefficient (Wildman–Crippen LogP) is 7.75. The standard InChI is InChI=1S/C35H29NO2/c37-35(27-18-8-3-9-19-27)36-30(24-25-14-4-1-5-15-25)33(26-16-6-2-7-17-26)34-28-20-10-12-22-31(28)38-32-23-13-11-21-29(32)34/h1-23,30,33-34H,24H2,(H,36,37)/t30-,33-/m1/s1. The molecular formula is C35H29NO2. The smallest absolute Gasteiger partial charge is 0.251 e. The fourth-order valence-electron chi connectivity index (χ4n) is 5.64. The number of carbonyl (C=O) groups excluding carboxylic acids is 1. The van der Waals surface area contributed by atoms with Crippen LogP contribution >= 0.6 is 0 Å². The van der Waals surface area contributed by atoms with E-state index in [1.54, 1.807) is 0 Å². The first kappa shape index (κ1) is 23.7. The molecule has 0 aromatic heterocycles. The van der Waals surface area contributed by atoms with E-state index < -0.39 is 0 Å². The fourth-order valence-corrected chi connectivity index (χ4v) is 5.64. The van der Waals surface area contributed by atoms with Crippen LogP contribution in [0.4, 0.5) is 0 Å². The SMILES string of the molecule is O=C(N[C@H](Cc1ccccc1)[C@@H](c1ccccc1)C1c2ccccc2Oc2ccccc21)c1ccccc1. The summed E-state index contributed by atoms with van der Waals surface area (Å²) >= 11 is 0. The Hall–Kier alpha value is -4.63. The highest BCUT2D eigenvalue weighted by Gasteiger charge is 2.39. The average molecular weight is 496 g/mol. The minimum absolute atomic E-state index is 0.0108. The van der Waals surface area contributed by atoms with Crippen molar-refractivity contribution in [2.75, 3.05) is 0 Å². The van der Waals surface area contributed by atoms with Gasteiger partial charge in [-0.05, 0) is 41.8 Å². The van der Waals surface area contributed by atoms with E-state index in [1.807, 2.05) is 66.7 Å².